The number of hydrogen-bond acceptors (Lipinski definition) is 3. The minimum absolute atomic E-state index is 0.0820. The lowest BCUT2D eigenvalue weighted by atomic mass is 9.66. The van der Waals surface area contributed by atoms with E-state index < -0.39 is 16.6 Å². The first-order valence-corrected chi connectivity index (χ1v) is 19.0. The topological polar surface area (TPSA) is 21.7 Å². The predicted molar refractivity (Wildman–Crippen MR) is 134 cm³/mol. The van der Waals surface area contributed by atoms with Gasteiger partial charge < -0.3 is 8.85 Å². The molecule has 0 aromatic heterocycles. The monoisotopic (exact) mass is 443 g/mol. The molecule has 1 saturated heterocycles. The second-order valence-electron chi connectivity index (χ2n) is 12.1. The highest BCUT2D eigenvalue weighted by molar-refractivity contribution is 6.70. The van der Waals surface area contributed by atoms with E-state index in [1.165, 1.54) is 19.3 Å². The molecule has 1 aliphatic rings. The van der Waals surface area contributed by atoms with E-state index in [1.807, 2.05) is 0 Å². The van der Waals surface area contributed by atoms with E-state index in [0.29, 0.717) is 11.8 Å². The maximum Gasteiger partial charge on any atom is 0.184 e. The van der Waals surface area contributed by atoms with Gasteiger partial charge in [-0.15, -0.1) is 0 Å². The van der Waals surface area contributed by atoms with Crippen LogP contribution in [0.25, 0.3) is 0 Å². The Balaban J connectivity index is 3.53. The van der Waals surface area contributed by atoms with Crippen molar-refractivity contribution in [2.75, 3.05) is 7.05 Å². The van der Waals surface area contributed by atoms with E-state index in [4.69, 9.17) is 8.85 Å². The molecular formula is C24H53NO2Si2. The van der Waals surface area contributed by atoms with E-state index in [-0.39, 0.29) is 23.3 Å². The summed E-state index contributed by atoms with van der Waals surface area (Å²) in [7, 11) is -0.909. The quantitative estimate of drug-likeness (QED) is 0.334. The van der Waals surface area contributed by atoms with Crippen LogP contribution >= 0.6 is 0 Å². The number of rotatable bonds is 10. The molecule has 3 nitrogen and oxygen atoms in total. The third-order valence-electron chi connectivity index (χ3n) is 7.01. The van der Waals surface area contributed by atoms with Crippen molar-refractivity contribution in [3.8, 4) is 0 Å². The highest BCUT2D eigenvalue weighted by atomic mass is 28.4. The molecule has 4 atom stereocenters. The molecule has 0 aliphatic carbocycles. The first-order valence-electron chi connectivity index (χ1n) is 12.2. The van der Waals surface area contributed by atoms with E-state index in [0.717, 1.165) is 12.8 Å². The Bertz CT molecular complexity index is 468. The van der Waals surface area contributed by atoms with Gasteiger partial charge in [-0.1, -0.05) is 41.5 Å². The summed E-state index contributed by atoms with van der Waals surface area (Å²) in [5, 5.41) is 0. The van der Waals surface area contributed by atoms with E-state index >= 15 is 0 Å². The van der Waals surface area contributed by atoms with Crippen molar-refractivity contribution in [1.29, 1.82) is 0 Å². The van der Waals surface area contributed by atoms with Crippen molar-refractivity contribution in [3.63, 3.8) is 0 Å². The molecule has 1 rings (SSSR count). The summed E-state index contributed by atoms with van der Waals surface area (Å²) in [6.07, 6.45) is 6.54. The highest BCUT2D eigenvalue weighted by Crippen LogP contribution is 2.49. The van der Waals surface area contributed by atoms with E-state index in [9.17, 15) is 0 Å². The van der Waals surface area contributed by atoms with Gasteiger partial charge >= 0.3 is 0 Å². The molecule has 29 heavy (non-hydrogen) atoms. The smallest absolute Gasteiger partial charge is 0.184 e. The first kappa shape index (κ1) is 27.3. The molecule has 1 aliphatic heterocycles. The normalized spacial score (nSPS) is 29.5. The molecular weight excluding hydrogens is 390 g/mol. The van der Waals surface area contributed by atoms with Crippen LogP contribution < -0.4 is 0 Å². The highest BCUT2D eigenvalue weighted by Gasteiger charge is 2.57. The molecule has 0 radical (unpaired) electrons. The predicted octanol–water partition coefficient (Wildman–Crippen LogP) is 7.15. The molecule has 0 aromatic rings. The summed E-state index contributed by atoms with van der Waals surface area (Å²) in [6.45, 7) is 28.2. The Labute approximate surface area is 185 Å². The van der Waals surface area contributed by atoms with Gasteiger partial charge in [0.25, 0.3) is 0 Å². The van der Waals surface area contributed by atoms with Gasteiger partial charge in [0.15, 0.2) is 16.6 Å². The summed E-state index contributed by atoms with van der Waals surface area (Å²) in [5.74, 6) is 1.01. The second-order valence-corrected chi connectivity index (χ2v) is 21.0. The van der Waals surface area contributed by atoms with Crippen LogP contribution in [0.4, 0.5) is 0 Å². The van der Waals surface area contributed by atoms with Crippen molar-refractivity contribution in [1.82, 2.24) is 4.90 Å². The first-order chi connectivity index (χ1) is 13.1. The van der Waals surface area contributed by atoms with Gasteiger partial charge in [-0.05, 0) is 90.3 Å². The standard InChI is InChI=1S/C24H53NO2Si2/c1-14-23(21(19(3)4)26-28(8,9)10)17-16-18-24(15-2,25(23)7)22(20(5)6)27-29(11,12)13/h19-22H,14-18H2,1-13H3. The number of piperidine rings is 1. The van der Waals surface area contributed by atoms with Gasteiger partial charge in [0.2, 0.25) is 0 Å². The summed E-state index contributed by atoms with van der Waals surface area (Å²) in [6, 6.07) is 0. The van der Waals surface area contributed by atoms with Crippen molar-refractivity contribution < 1.29 is 8.85 Å². The van der Waals surface area contributed by atoms with Gasteiger partial charge in [-0.2, -0.15) is 0 Å². The van der Waals surface area contributed by atoms with Gasteiger partial charge in [0.05, 0.1) is 12.2 Å². The number of nitrogens with zero attached hydrogens (tertiary/aromatic N) is 1. The van der Waals surface area contributed by atoms with Gasteiger partial charge in [-0.3, -0.25) is 4.90 Å². The summed E-state index contributed by atoms with van der Waals surface area (Å²) >= 11 is 0. The molecule has 0 bridgehead atoms. The number of likely N-dealkylation sites (tertiary alicyclic amines) is 1. The van der Waals surface area contributed by atoms with Gasteiger partial charge in [0.1, 0.15) is 0 Å². The summed E-state index contributed by atoms with van der Waals surface area (Å²) < 4.78 is 13.9. The SMILES string of the molecule is CCC1(C(O[Si](C)(C)C)C(C)C)CCCC(CC)(C(O[Si](C)(C)C)C(C)C)N1C. The lowest BCUT2D eigenvalue weighted by molar-refractivity contribution is -0.158. The van der Waals surface area contributed by atoms with Crippen LogP contribution in [0.1, 0.15) is 73.6 Å². The number of hydrogen-bond donors (Lipinski definition) is 0. The van der Waals surface area contributed by atoms with Crippen LogP contribution in [0.3, 0.4) is 0 Å². The van der Waals surface area contributed by atoms with Crippen LogP contribution in [0.5, 0.6) is 0 Å². The molecule has 4 unspecified atom stereocenters. The Kier molecular flexibility index (Phi) is 9.29. The fourth-order valence-electron chi connectivity index (χ4n) is 5.87. The van der Waals surface area contributed by atoms with E-state index in [1.54, 1.807) is 0 Å². The summed E-state index contributed by atoms with van der Waals surface area (Å²) in [4.78, 5) is 2.78. The molecule has 174 valence electrons. The molecule has 0 N–H and O–H groups in total. The maximum atomic E-state index is 6.95. The van der Waals surface area contributed by atoms with Crippen molar-refractivity contribution >= 4 is 16.6 Å². The number of likely N-dealkylation sites (N-methyl/N-ethyl adjacent to an activating group) is 1. The molecule has 0 spiro atoms. The molecule has 0 saturated carbocycles. The minimum atomic E-state index is -1.65. The maximum absolute atomic E-state index is 6.95. The second kappa shape index (κ2) is 9.85. The minimum Gasteiger partial charge on any atom is -0.413 e. The van der Waals surface area contributed by atoms with Crippen molar-refractivity contribution in [2.24, 2.45) is 11.8 Å². The molecule has 1 fully saturated rings. The van der Waals surface area contributed by atoms with Crippen LogP contribution in [0.15, 0.2) is 0 Å². The zero-order valence-corrected chi connectivity index (χ0v) is 24.1. The van der Waals surface area contributed by atoms with Crippen molar-refractivity contribution in [3.05, 3.63) is 0 Å². The average molecular weight is 444 g/mol. The van der Waals surface area contributed by atoms with E-state index in [2.05, 4.69) is 92.8 Å². The van der Waals surface area contributed by atoms with Gasteiger partial charge in [-0.25, -0.2) is 0 Å². The fourth-order valence-corrected chi connectivity index (χ4v) is 8.38. The largest absolute Gasteiger partial charge is 0.413 e. The zero-order chi connectivity index (χ0) is 22.8. The Morgan fingerprint density at radius 2 is 1.03 bits per heavy atom. The summed E-state index contributed by atoms with van der Waals surface area (Å²) in [5.41, 5.74) is 0.164. The van der Waals surface area contributed by atoms with Crippen LogP contribution in [-0.2, 0) is 8.85 Å². The lowest BCUT2D eigenvalue weighted by Crippen LogP contribution is -2.72. The Morgan fingerprint density at radius 3 is 1.24 bits per heavy atom. The third kappa shape index (κ3) is 6.18. The van der Waals surface area contributed by atoms with Crippen molar-refractivity contribution in [2.45, 2.75) is 136 Å². The van der Waals surface area contributed by atoms with Gasteiger partial charge in [0, 0.05) is 11.1 Å². The Hall–Kier alpha value is 0.314. The van der Waals surface area contributed by atoms with Crippen LogP contribution in [0.2, 0.25) is 39.3 Å². The third-order valence-corrected chi connectivity index (χ3v) is 8.93. The van der Waals surface area contributed by atoms with Crippen LogP contribution in [-0.4, -0.2) is 51.9 Å². The van der Waals surface area contributed by atoms with Crippen LogP contribution in [0, 0.1) is 11.8 Å². The molecule has 5 heteroatoms. The average Bonchev–Trinajstić information content (AvgIpc) is 2.57. The fraction of sp³-hybridized carbons (Fsp3) is 1.00. The zero-order valence-electron chi connectivity index (χ0n) is 22.1. The molecule has 1 heterocycles. The lowest BCUT2D eigenvalue weighted by Gasteiger charge is -2.63. The Morgan fingerprint density at radius 1 is 0.724 bits per heavy atom. The molecule has 0 aromatic carbocycles. The molecule has 0 amide bonds.